The summed E-state index contributed by atoms with van der Waals surface area (Å²) in [5.74, 6) is 0.593. The number of aromatic nitrogens is 1. The summed E-state index contributed by atoms with van der Waals surface area (Å²) in [6, 6.07) is 0. The Balaban J connectivity index is 1.85. The molecule has 2 aliphatic rings. The highest BCUT2D eigenvalue weighted by molar-refractivity contribution is 5.81. The maximum Gasteiger partial charge on any atom is 0.182 e. The number of hydrogen-bond acceptors (Lipinski definition) is 3. The van der Waals surface area contributed by atoms with Gasteiger partial charge in [-0.15, -0.1) is 0 Å². The molecule has 0 N–H and O–H groups in total. The maximum atomic E-state index is 14.1. The molecule has 19 heavy (non-hydrogen) atoms. The van der Waals surface area contributed by atoms with Crippen LogP contribution < -0.4 is 4.90 Å². The van der Waals surface area contributed by atoms with E-state index in [0.717, 1.165) is 18.7 Å². The Bertz CT molecular complexity index is 491. The molecule has 0 aromatic carbocycles. The van der Waals surface area contributed by atoms with Crippen LogP contribution in [0.15, 0.2) is 11.2 Å². The van der Waals surface area contributed by atoms with Gasteiger partial charge in [0.05, 0.1) is 18.0 Å². The second-order valence-electron chi connectivity index (χ2n) is 5.45. The van der Waals surface area contributed by atoms with Crippen molar-refractivity contribution in [3.05, 3.63) is 17.6 Å². The molecular weight excluding hydrogens is 245 g/mol. The summed E-state index contributed by atoms with van der Waals surface area (Å²) in [5.41, 5.74) is 0.568. The lowest BCUT2D eigenvalue weighted by molar-refractivity contribution is -0.0284. The van der Waals surface area contributed by atoms with Crippen LogP contribution in [0.4, 0.5) is 10.2 Å². The number of aliphatic imine (C=N–C) groups is 1. The lowest BCUT2D eigenvalue weighted by Gasteiger charge is -2.29. The third-order valence-corrected chi connectivity index (χ3v) is 3.97. The van der Waals surface area contributed by atoms with Crippen molar-refractivity contribution in [2.75, 3.05) is 11.9 Å². The van der Waals surface area contributed by atoms with Crippen LogP contribution in [0.3, 0.4) is 0 Å². The van der Waals surface area contributed by atoms with E-state index in [4.69, 9.17) is 4.74 Å². The summed E-state index contributed by atoms with van der Waals surface area (Å²) < 4.78 is 21.9. The zero-order valence-corrected chi connectivity index (χ0v) is 11.5. The fourth-order valence-corrected chi connectivity index (χ4v) is 3.04. The van der Waals surface area contributed by atoms with E-state index < -0.39 is 6.23 Å². The standard InChI is InChI=1S/C14H20FN3O/c1-17-8-11(15)12-13(16-9-18(2)14(12)17)19-10-6-4-3-5-7-10/h8-10,13H,3-7H2,1-2H3. The van der Waals surface area contributed by atoms with Crippen LogP contribution in [0.5, 0.6) is 0 Å². The van der Waals surface area contributed by atoms with Crippen molar-refractivity contribution in [1.82, 2.24) is 4.57 Å². The lowest BCUT2D eigenvalue weighted by Crippen LogP contribution is -2.27. The predicted octanol–water partition coefficient (Wildman–Crippen LogP) is 2.99. The minimum Gasteiger partial charge on any atom is -0.349 e. The predicted molar refractivity (Wildman–Crippen MR) is 73.0 cm³/mol. The fraction of sp³-hybridized carbons (Fsp3) is 0.643. The van der Waals surface area contributed by atoms with Crippen LogP contribution in [0.2, 0.25) is 0 Å². The zero-order valence-electron chi connectivity index (χ0n) is 11.5. The van der Waals surface area contributed by atoms with Crippen LogP contribution >= 0.6 is 0 Å². The lowest BCUT2D eigenvalue weighted by atomic mass is 9.97. The van der Waals surface area contributed by atoms with Crippen molar-refractivity contribution < 1.29 is 9.13 Å². The Morgan fingerprint density at radius 1 is 1.26 bits per heavy atom. The SMILES string of the molecule is CN1C=NC(OC2CCCCC2)c2c(F)cn(C)c21. The Morgan fingerprint density at radius 3 is 2.74 bits per heavy atom. The van der Waals surface area contributed by atoms with E-state index in [2.05, 4.69) is 4.99 Å². The Hall–Kier alpha value is -1.36. The first-order chi connectivity index (χ1) is 9.16. The molecular formula is C14H20FN3O. The van der Waals surface area contributed by atoms with Gasteiger partial charge in [-0.1, -0.05) is 19.3 Å². The molecule has 1 aliphatic heterocycles. The summed E-state index contributed by atoms with van der Waals surface area (Å²) in [7, 11) is 3.72. The number of aryl methyl sites for hydroxylation is 1. The van der Waals surface area contributed by atoms with Crippen LogP contribution in [-0.4, -0.2) is 24.1 Å². The highest BCUT2D eigenvalue weighted by atomic mass is 19.1. The van der Waals surface area contributed by atoms with Crippen molar-refractivity contribution in [1.29, 1.82) is 0 Å². The Morgan fingerprint density at radius 2 is 2.00 bits per heavy atom. The number of anilines is 1. The number of ether oxygens (including phenoxy) is 1. The van der Waals surface area contributed by atoms with Crippen molar-refractivity contribution in [2.45, 2.75) is 44.4 Å². The van der Waals surface area contributed by atoms with Gasteiger partial charge in [0.2, 0.25) is 0 Å². The van der Waals surface area contributed by atoms with E-state index in [9.17, 15) is 4.39 Å². The van der Waals surface area contributed by atoms with Crippen molar-refractivity contribution >= 4 is 12.2 Å². The van der Waals surface area contributed by atoms with Crippen LogP contribution in [0.25, 0.3) is 0 Å². The quantitative estimate of drug-likeness (QED) is 0.822. The minimum absolute atomic E-state index is 0.215. The second kappa shape index (κ2) is 4.96. The van der Waals surface area contributed by atoms with Gasteiger partial charge in [-0.3, -0.25) is 0 Å². The molecule has 5 heteroatoms. The van der Waals surface area contributed by atoms with Gasteiger partial charge in [0.1, 0.15) is 5.82 Å². The minimum atomic E-state index is -0.490. The van der Waals surface area contributed by atoms with E-state index in [-0.39, 0.29) is 11.9 Å². The van der Waals surface area contributed by atoms with Gasteiger partial charge in [-0.25, -0.2) is 9.38 Å². The smallest absolute Gasteiger partial charge is 0.182 e. The fourth-order valence-electron chi connectivity index (χ4n) is 3.04. The zero-order chi connectivity index (χ0) is 13.4. The van der Waals surface area contributed by atoms with Gasteiger partial charge in [-0.2, -0.15) is 0 Å². The summed E-state index contributed by atoms with van der Waals surface area (Å²) in [6.07, 6.45) is 8.74. The molecule has 104 valence electrons. The topological polar surface area (TPSA) is 29.8 Å². The van der Waals surface area contributed by atoms with E-state index in [0.29, 0.717) is 5.56 Å². The van der Waals surface area contributed by atoms with Crippen LogP contribution in [0.1, 0.15) is 43.9 Å². The van der Waals surface area contributed by atoms with Crippen LogP contribution in [-0.2, 0) is 11.8 Å². The molecule has 4 nitrogen and oxygen atoms in total. The number of nitrogens with zero attached hydrogens (tertiary/aromatic N) is 3. The molecule has 1 aromatic rings. The molecule has 2 heterocycles. The largest absolute Gasteiger partial charge is 0.349 e. The summed E-state index contributed by atoms with van der Waals surface area (Å²) in [5, 5.41) is 0. The van der Waals surface area contributed by atoms with Crippen LogP contribution in [0, 0.1) is 5.82 Å². The van der Waals surface area contributed by atoms with E-state index in [1.54, 1.807) is 10.9 Å². The molecule has 1 saturated carbocycles. The van der Waals surface area contributed by atoms with Crippen molar-refractivity contribution in [3.63, 3.8) is 0 Å². The molecule has 0 saturated heterocycles. The molecule has 3 rings (SSSR count). The van der Waals surface area contributed by atoms with Gasteiger partial charge in [0.25, 0.3) is 0 Å². The van der Waals surface area contributed by atoms with Gasteiger partial charge in [0, 0.05) is 20.3 Å². The summed E-state index contributed by atoms with van der Waals surface area (Å²) in [6.45, 7) is 0. The third-order valence-electron chi connectivity index (χ3n) is 3.97. The Kier molecular flexibility index (Phi) is 3.31. The molecule has 1 aliphatic carbocycles. The third kappa shape index (κ3) is 2.27. The number of rotatable bonds is 2. The van der Waals surface area contributed by atoms with E-state index in [1.165, 1.54) is 25.5 Å². The summed E-state index contributed by atoms with van der Waals surface area (Å²) in [4.78, 5) is 6.18. The maximum absolute atomic E-state index is 14.1. The molecule has 1 atom stereocenters. The van der Waals surface area contributed by atoms with Gasteiger partial charge in [0.15, 0.2) is 12.0 Å². The number of hydrogen-bond donors (Lipinski definition) is 0. The monoisotopic (exact) mass is 265 g/mol. The first-order valence-corrected chi connectivity index (χ1v) is 6.93. The van der Waals surface area contributed by atoms with Gasteiger partial charge in [-0.05, 0) is 12.8 Å². The number of fused-ring (bicyclic) bond motifs is 1. The molecule has 0 spiro atoms. The van der Waals surface area contributed by atoms with Crippen molar-refractivity contribution in [2.24, 2.45) is 12.0 Å². The van der Waals surface area contributed by atoms with E-state index in [1.807, 2.05) is 19.0 Å². The molecule has 0 bridgehead atoms. The average Bonchev–Trinajstić information content (AvgIpc) is 2.71. The van der Waals surface area contributed by atoms with Crippen molar-refractivity contribution in [3.8, 4) is 0 Å². The highest BCUT2D eigenvalue weighted by Crippen LogP contribution is 2.37. The van der Waals surface area contributed by atoms with E-state index >= 15 is 0 Å². The molecule has 1 unspecified atom stereocenters. The first-order valence-electron chi connectivity index (χ1n) is 6.93. The summed E-state index contributed by atoms with van der Waals surface area (Å²) >= 11 is 0. The van der Waals surface area contributed by atoms with Gasteiger partial charge >= 0.3 is 0 Å². The van der Waals surface area contributed by atoms with Gasteiger partial charge < -0.3 is 14.2 Å². The molecule has 1 aromatic heterocycles. The highest BCUT2D eigenvalue weighted by Gasteiger charge is 2.30. The Labute approximate surface area is 112 Å². The number of halogens is 1. The normalized spacial score (nSPS) is 23.7. The second-order valence-corrected chi connectivity index (χ2v) is 5.45. The molecule has 0 amide bonds. The molecule has 1 fully saturated rings. The molecule has 0 radical (unpaired) electrons. The first kappa shape index (κ1) is 12.7. The average molecular weight is 265 g/mol.